The van der Waals surface area contributed by atoms with Crippen molar-refractivity contribution in [1.29, 1.82) is 0 Å². The Kier molecular flexibility index (Phi) is 2.43. The Hall–Kier alpha value is -1.08. The zero-order valence-corrected chi connectivity index (χ0v) is 13.3. The van der Waals surface area contributed by atoms with E-state index in [0.717, 1.165) is 11.0 Å². The van der Waals surface area contributed by atoms with Crippen LogP contribution in [0.3, 0.4) is 0 Å². The number of hydrogen-bond donors (Lipinski definition) is 0. The predicted octanol–water partition coefficient (Wildman–Crippen LogP) is 4.44. The zero-order valence-electron chi connectivity index (χ0n) is 9.99. The Morgan fingerprint density at radius 2 is 1.60 bits per heavy atom. The van der Waals surface area contributed by atoms with E-state index in [2.05, 4.69) is 45.2 Å². The van der Waals surface area contributed by atoms with Crippen LogP contribution < -0.4 is 5.36 Å². The van der Waals surface area contributed by atoms with Gasteiger partial charge in [0.1, 0.15) is 0 Å². The maximum Gasteiger partial charge on any atom is 0.0956 e. The van der Waals surface area contributed by atoms with Crippen LogP contribution in [0.15, 0.2) is 50.1 Å². The largest absolute Gasteiger partial charge is 0.204 e. The van der Waals surface area contributed by atoms with Crippen LogP contribution >= 0.6 is 21.8 Å². The molecule has 0 amide bonds. The first-order valence-electron chi connectivity index (χ1n) is 6.02. The summed E-state index contributed by atoms with van der Waals surface area (Å²) in [7, 11) is 6.58. The normalized spacial score (nSPS) is 15.2. The van der Waals surface area contributed by atoms with Gasteiger partial charge in [0, 0.05) is 26.0 Å². The highest BCUT2D eigenvalue weighted by molar-refractivity contribution is 8.76. The van der Waals surface area contributed by atoms with Crippen molar-refractivity contribution >= 4 is 69.0 Å². The van der Waals surface area contributed by atoms with Crippen molar-refractivity contribution in [2.45, 2.75) is 4.90 Å². The molecule has 0 fully saturated rings. The van der Waals surface area contributed by atoms with Crippen molar-refractivity contribution in [3.8, 4) is 0 Å². The molecule has 0 aromatic heterocycles. The third kappa shape index (κ3) is 1.65. The van der Waals surface area contributed by atoms with E-state index in [0.29, 0.717) is 0 Å². The first-order chi connectivity index (χ1) is 9.87. The highest BCUT2D eigenvalue weighted by Gasteiger charge is 2.09. The lowest BCUT2D eigenvalue weighted by atomic mass is 10.0. The summed E-state index contributed by atoms with van der Waals surface area (Å²) in [6.07, 6.45) is 0. The molecule has 2 heterocycles. The van der Waals surface area contributed by atoms with E-state index in [-0.39, 0.29) is 0 Å². The molecule has 0 unspecified atom stereocenters. The van der Waals surface area contributed by atoms with Crippen LogP contribution in [0.4, 0.5) is 5.69 Å². The number of rotatable bonds is 0. The lowest BCUT2D eigenvalue weighted by molar-refractivity contribution is 1.34. The van der Waals surface area contributed by atoms with Gasteiger partial charge in [-0.3, -0.25) is 0 Å². The molecule has 96 valence electrons. The van der Waals surface area contributed by atoms with Crippen LogP contribution in [-0.4, -0.2) is 0 Å². The molecule has 3 aromatic carbocycles. The summed E-state index contributed by atoms with van der Waals surface area (Å²) < 4.78 is 10.2. The predicted molar refractivity (Wildman–Crippen MR) is 91.7 cm³/mol. The third-order valence-corrected chi connectivity index (χ3v) is 7.15. The second-order valence-corrected chi connectivity index (χ2v) is 8.46. The molecule has 0 bridgehead atoms. The van der Waals surface area contributed by atoms with Gasteiger partial charge in [-0.2, -0.15) is 4.36 Å². The quantitative estimate of drug-likeness (QED) is 0.206. The summed E-state index contributed by atoms with van der Waals surface area (Å²) >= 11 is 0. The fraction of sp³-hybridized carbons (Fsp3) is 0. The Balaban J connectivity index is 1.95. The van der Waals surface area contributed by atoms with E-state index < -0.39 is 0 Å². The monoisotopic (exact) mass is 330 g/mol. The summed E-state index contributed by atoms with van der Waals surface area (Å²) in [6, 6.07) is 13.4. The second-order valence-electron chi connectivity index (χ2n) is 4.68. The standard InChI is InChI=1S/C14H6N2S4/c1-7-3-11-13(17-19-15-11)5-9(7)2-10-6-14-12(4-8(1)10)16-20-18-14/h1-6H. The van der Waals surface area contributed by atoms with E-state index in [1.165, 1.54) is 31.0 Å². The first-order valence-corrected chi connectivity index (χ1v) is 10.2. The molecular formula is C14H6N2S4. The van der Waals surface area contributed by atoms with E-state index in [1.54, 1.807) is 41.8 Å². The Morgan fingerprint density at radius 3 is 2.55 bits per heavy atom. The van der Waals surface area contributed by atoms with Gasteiger partial charge in [-0.15, -0.1) is 0 Å². The Labute approximate surface area is 128 Å². The molecule has 2 aliphatic heterocycles. The molecule has 2 aliphatic rings. The van der Waals surface area contributed by atoms with E-state index >= 15 is 0 Å². The second kappa shape index (κ2) is 4.21. The minimum Gasteiger partial charge on any atom is -0.204 e. The van der Waals surface area contributed by atoms with Gasteiger partial charge in [0.25, 0.3) is 0 Å². The van der Waals surface area contributed by atoms with Crippen LogP contribution in [0.2, 0.25) is 0 Å². The number of hydrogen-bond acceptors (Lipinski definition) is 4. The van der Waals surface area contributed by atoms with Crippen molar-refractivity contribution < 1.29 is 0 Å². The SMILES string of the molecule is c1c2c(cc3cc4cc5c(cc4cc13)=S=S=N5)=NSS2. The maximum absolute atomic E-state index is 4.44. The molecule has 5 rings (SSSR count). The Bertz CT molecular complexity index is 1120. The van der Waals surface area contributed by atoms with Crippen LogP contribution in [0.5, 0.6) is 0 Å². The van der Waals surface area contributed by atoms with Gasteiger partial charge in [-0.25, -0.2) is 4.40 Å². The van der Waals surface area contributed by atoms with Crippen LogP contribution in [0.1, 0.15) is 0 Å². The third-order valence-electron chi connectivity index (χ3n) is 3.48. The van der Waals surface area contributed by atoms with Crippen LogP contribution in [0, 0.1) is 4.51 Å². The smallest absolute Gasteiger partial charge is 0.0956 e. The molecule has 0 spiro atoms. The summed E-state index contributed by atoms with van der Waals surface area (Å²) in [6.45, 7) is 0. The lowest BCUT2D eigenvalue weighted by Gasteiger charge is -2.03. The first kappa shape index (κ1) is 11.6. The van der Waals surface area contributed by atoms with Gasteiger partial charge in [0.05, 0.1) is 15.6 Å². The average Bonchev–Trinajstić information content (AvgIpc) is 3.07. The van der Waals surface area contributed by atoms with E-state index in [9.17, 15) is 0 Å². The van der Waals surface area contributed by atoms with E-state index in [1.807, 2.05) is 0 Å². The minimum atomic E-state index is 1.10. The molecular weight excluding hydrogens is 324 g/mol. The molecule has 2 nitrogen and oxygen atoms in total. The van der Waals surface area contributed by atoms with Gasteiger partial charge in [0.2, 0.25) is 0 Å². The summed E-state index contributed by atoms with van der Waals surface area (Å²) in [5.74, 6) is 0. The van der Waals surface area contributed by atoms with Crippen molar-refractivity contribution in [3.63, 3.8) is 0 Å². The molecule has 20 heavy (non-hydrogen) atoms. The molecule has 3 aromatic rings. The molecule has 0 N–H and O–H groups in total. The van der Waals surface area contributed by atoms with Crippen LogP contribution in [0.25, 0.3) is 21.5 Å². The molecule has 0 saturated carbocycles. The zero-order chi connectivity index (χ0) is 13.1. The minimum absolute atomic E-state index is 1.10. The Morgan fingerprint density at radius 1 is 0.800 bits per heavy atom. The summed E-state index contributed by atoms with van der Waals surface area (Å²) in [5.41, 5.74) is 1.10. The van der Waals surface area contributed by atoms with Gasteiger partial charge >= 0.3 is 0 Å². The van der Waals surface area contributed by atoms with Crippen molar-refractivity contribution in [1.82, 2.24) is 0 Å². The number of fused-ring (bicyclic) bond motifs is 4. The number of benzene rings is 3. The van der Waals surface area contributed by atoms with Crippen molar-refractivity contribution in [2.24, 2.45) is 8.76 Å². The molecule has 0 saturated heterocycles. The molecule has 0 radical (unpaired) electrons. The van der Waals surface area contributed by atoms with E-state index in [4.69, 9.17) is 0 Å². The van der Waals surface area contributed by atoms with Gasteiger partial charge in [-0.1, -0.05) is 9.91 Å². The maximum atomic E-state index is 4.44. The fourth-order valence-electron chi connectivity index (χ4n) is 2.51. The molecule has 0 aliphatic carbocycles. The molecule has 6 heteroatoms. The lowest BCUT2D eigenvalue weighted by Crippen LogP contribution is -1.99. The van der Waals surface area contributed by atoms with Crippen molar-refractivity contribution in [3.05, 3.63) is 46.3 Å². The topological polar surface area (TPSA) is 24.7 Å². The molecule has 0 atom stereocenters. The van der Waals surface area contributed by atoms with Gasteiger partial charge in [0.15, 0.2) is 0 Å². The highest BCUT2D eigenvalue weighted by Crippen LogP contribution is 2.36. The van der Waals surface area contributed by atoms with Crippen LogP contribution in [-0.2, 0) is 20.0 Å². The number of nitrogens with zero attached hydrogens (tertiary/aromatic N) is 2. The summed E-state index contributed by atoms with van der Waals surface area (Å²) in [4.78, 5) is 1.27. The summed E-state index contributed by atoms with van der Waals surface area (Å²) in [5, 5.41) is 6.18. The van der Waals surface area contributed by atoms with Gasteiger partial charge in [-0.05, 0) is 68.7 Å². The van der Waals surface area contributed by atoms with Gasteiger partial charge < -0.3 is 0 Å². The highest BCUT2D eigenvalue weighted by atomic mass is 33.1. The fourth-order valence-corrected chi connectivity index (χ4v) is 6.04. The average molecular weight is 330 g/mol. The van der Waals surface area contributed by atoms with Crippen molar-refractivity contribution in [2.75, 3.05) is 0 Å².